The number of rotatable bonds is 1. The summed E-state index contributed by atoms with van der Waals surface area (Å²) in [4.78, 5) is 13.2. The zero-order valence-corrected chi connectivity index (χ0v) is 12.7. The van der Waals surface area contributed by atoms with Crippen LogP contribution in [0.5, 0.6) is 11.5 Å². The summed E-state index contributed by atoms with van der Waals surface area (Å²) in [5.41, 5.74) is 1.30. The first-order valence-electron chi connectivity index (χ1n) is 6.35. The minimum absolute atomic E-state index is 0.00536. The molecule has 0 aliphatic carbocycles. The molecule has 0 amide bonds. The van der Waals surface area contributed by atoms with Gasteiger partial charge in [-0.1, -0.05) is 11.6 Å². The van der Waals surface area contributed by atoms with Gasteiger partial charge in [0.15, 0.2) is 17.3 Å². The van der Waals surface area contributed by atoms with Gasteiger partial charge in [-0.25, -0.2) is 4.39 Å². The molecule has 22 heavy (non-hydrogen) atoms. The molecule has 2 aromatic rings. The maximum Gasteiger partial charge on any atom is 0.191 e. The maximum atomic E-state index is 13.3. The van der Waals surface area contributed by atoms with Crippen LogP contribution < -0.4 is 0 Å². The van der Waals surface area contributed by atoms with E-state index in [2.05, 4.69) is 0 Å². The number of fused-ring (bicyclic) bond motifs is 1. The van der Waals surface area contributed by atoms with E-state index in [4.69, 9.17) is 11.6 Å². The summed E-state index contributed by atoms with van der Waals surface area (Å²) >= 11 is 7.24. The van der Waals surface area contributed by atoms with E-state index < -0.39 is 11.6 Å². The van der Waals surface area contributed by atoms with E-state index in [0.717, 1.165) is 4.90 Å². The van der Waals surface area contributed by atoms with Crippen LogP contribution in [-0.2, 0) is 0 Å². The van der Waals surface area contributed by atoms with Crippen molar-refractivity contribution >= 4 is 35.2 Å². The maximum absolute atomic E-state index is 13.3. The van der Waals surface area contributed by atoms with E-state index in [1.807, 2.05) is 0 Å². The number of hydrogen-bond acceptors (Lipinski definition) is 4. The monoisotopic (exact) mass is 336 g/mol. The van der Waals surface area contributed by atoms with Crippen LogP contribution in [0, 0.1) is 5.82 Å². The Kier molecular flexibility index (Phi) is 3.85. The Morgan fingerprint density at radius 3 is 2.73 bits per heavy atom. The molecule has 112 valence electrons. The van der Waals surface area contributed by atoms with E-state index in [-0.39, 0.29) is 16.6 Å². The molecule has 0 saturated carbocycles. The lowest BCUT2D eigenvalue weighted by Gasteiger charge is -2.17. The number of benzene rings is 2. The van der Waals surface area contributed by atoms with Gasteiger partial charge in [-0.3, -0.25) is 4.79 Å². The first-order chi connectivity index (χ1) is 10.5. The van der Waals surface area contributed by atoms with E-state index in [1.54, 1.807) is 12.1 Å². The molecule has 0 radical (unpaired) electrons. The number of halogens is 2. The number of hydrogen-bond donors (Lipinski definition) is 2. The summed E-state index contributed by atoms with van der Waals surface area (Å²) in [6.07, 6.45) is 1.58. The third-order valence-corrected chi connectivity index (χ3v) is 4.68. The van der Waals surface area contributed by atoms with E-state index in [1.165, 1.54) is 36.0 Å². The fraction of sp³-hybridized carbons (Fsp3) is 0.0625. The molecule has 2 N–H and O–H groups in total. The van der Waals surface area contributed by atoms with Gasteiger partial charge in [-0.15, -0.1) is 11.8 Å². The largest absolute Gasteiger partial charge is 0.504 e. The van der Waals surface area contributed by atoms with E-state index in [0.29, 0.717) is 22.5 Å². The van der Waals surface area contributed by atoms with Gasteiger partial charge in [-0.05, 0) is 42.0 Å². The van der Waals surface area contributed by atoms with E-state index in [9.17, 15) is 19.4 Å². The molecule has 3 rings (SSSR count). The standard InChI is InChI=1S/C16H10ClFO3S/c17-12-4-8(5-13(19)16(12)21)3-9-7-22-14-2-1-10(18)6-11(14)15(9)20/h1-6,19,21H,7H2/b9-3+. The van der Waals surface area contributed by atoms with Gasteiger partial charge in [0.1, 0.15) is 5.82 Å². The summed E-state index contributed by atoms with van der Waals surface area (Å²) in [5, 5.41) is 19.0. The molecule has 0 aromatic heterocycles. The van der Waals surface area contributed by atoms with Crippen molar-refractivity contribution in [3.8, 4) is 11.5 Å². The Morgan fingerprint density at radius 2 is 2.00 bits per heavy atom. The highest BCUT2D eigenvalue weighted by atomic mass is 35.5. The van der Waals surface area contributed by atoms with Crippen molar-refractivity contribution < 1.29 is 19.4 Å². The second-order valence-electron chi connectivity index (χ2n) is 4.80. The Labute approximate surface area is 135 Å². The van der Waals surface area contributed by atoms with Crippen LogP contribution in [0.4, 0.5) is 4.39 Å². The fourth-order valence-corrected chi connectivity index (χ4v) is 3.42. The predicted molar refractivity (Wildman–Crippen MR) is 84.2 cm³/mol. The fourth-order valence-electron chi connectivity index (χ4n) is 2.20. The lowest BCUT2D eigenvalue weighted by Crippen LogP contribution is -2.12. The highest BCUT2D eigenvalue weighted by Crippen LogP contribution is 2.37. The second kappa shape index (κ2) is 5.66. The molecular weight excluding hydrogens is 327 g/mol. The second-order valence-corrected chi connectivity index (χ2v) is 6.22. The van der Waals surface area contributed by atoms with Crippen molar-refractivity contribution in [3.63, 3.8) is 0 Å². The SMILES string of the molecule is O=C1/C(=C/c2cc(O)c(O)c(Cl)c2)CSc2ccc(F)cc21. The highest BCUT2D eigenvalue weighted by Gasteiger charge is 2.23. The minimum Gasteiger partial charge on any atom is -0.504 e. The van der Waals surface area contributed by atoms with Crippen LogP contribution in [0.3, 0.4) is 0 Å². The predicted octanol–water partition coefficient (Wildman–Crippen LogP) is 4.26. The third-order valence-electron chi connectivity index (χ3n) is 3.27. The van der Waals surface area contributed by atoms with Gasteiger partial charge in [0, 0.05) is 21.8 Å². The van der Waals surface area contributed by atoms with Gasteiger partial charge in [0.25, 0.3) is 0 Å². The van der Waals surface area contributed by atoms with Crippen LogP contribution in [0.2, 0.25) is 5.02 Å². The molecule has 6 heteroatoms. The number of Topliss-reactive ketones (excluding diaryl/α,β-unsaturated/α-hetero) is 1. The molecular formula is C16H10ClFO3S. The number of phenols is 2. The molecule has 2 aromatic carbocycles. The molecule has 0 saturated heterocycles. The Balaban J connectivity index is 2.01. The average molecular weight is 337 g/mol. The normalized spacial score (nSPS) is 15.9. The minimum atomic E-state index is -0.459. The van der Waals surface area contributed by atoms with Gasteiger partial charge >= 0.3 is 0 Å². The van der Waals surface area contributed by atoms with Crippen LogP contribution in [0.15, 0.2) is 40.8 Å². The molecule has 3 nitrogen and oxygen atoms in total. The van der Waals surface area contributed by atoms with Crippen molar-refractivity contribution in [2.45, 2.75) is 4.90 Å². The van der Waals surface area contributed by atoms with Gasteiger partial charge in [0.05, 0.1) is 5.02 Å². The first kappa shape index (κ1) is 14.9. The van der Waals surface area contributed by atoms with Crippen LogP contribution in [-0.4, -0.2) is 21.7 Å². The summed E-state index contributed by atoms with van der Waals surface area (Å²) in [6, 6.07) is 6.90. The Hall–Kier alpha value is -1.98. The zero-order chi connectivity index (χ0) is 15.9. The number of carbonyl (C=O) groups is 1. The number of thioether (sulfide) groups is 1. The quantitative estimate of drug-likeness (QED) is 0.603. The van der Waals surface area contributed by atoms with Gasteiger partial charge in [0.2, 0.25) is 0 Å². The number of phenolic OH excluding ortho intramolecular Hbond substituents is 2. The number of ketones is 1. The molecule has 1 heterocycles. The Morgan fingerprint density at radius 1 is 1.23 bits per heavy atom. The molecule has 0 atom stereocenters. The summed E-state index contributed by atoms with van der Waals surface area (Å²) in [7, 11) is 0. The van der Waals surface area contributed by atoms with Crippen LogP contribution >= 0.6 is 23.4 Å². The summed E-state index contributed by atoms with van der Waals surface area (Å²) < 4.78 is 13.3. The van der Waals surface area contributed by atoms with Gasteiger partial charge in [-0.2, -0.15) is 0 Å². The molecule has 0 spiro atoms. The van der Waals surface area contributed by atoms with Gasteiger partial charge < -0.3 is 10.2 Å². The van der Waals surface area contributed by atoms with Crippen molar-refractivity contribution in [2.75, 3.05) is 5.75 Å². The molecule has 0 unspecified atom stereocenters. The van der Waals surface area contributed by atoms with Crippen molar-refractivity contribution in [3.05, 3.63) is 57.9 Å². The molecule has 0 bridgehead atoms. The number of aromatic hydroxyl groups is 2. The number of carbonyl (C=O) groups excluding carboxylic acids is 1. The van der Waals surface area contributed by atoms with Crippen LogP contribution in [0.25, 0.3) is 6.08 Å². The molecule has 1 aliphatic rings. The average Bonchev–Trinajstić information content (AvgIpc) is 2.48. The lowest BCUT2D eigenvalue weighted by molar-refractivity contribution is 0.103. The lowest BCUT2D eigenvalue weighted by atomic mass is 10.0. The zero-order valence-electron chi connectivity index (χ0n) is 11.1. The molecule has 0 fully saturated rings. The smallest absolute Gasteiger partial charge is 0.191 e. The topological polar surface area (TPSA) is 57.5 Å². The first-order valence-corrected chi connectivity index (χ1v) is 7.71. The molecule has 1 aliphatic heterocycles. The van der Waals surface area contributed by atoms with Crippen molar-refractivity contribution in [1.82, 2.24) is 0 Å². The Bertz CT molecular complexity index is 794. The van der Waals surface area contributed by atoms with Crippen molar-refractivity contribution in [1.29, 1.82) is 0 Å². The van der Waals surface area contributed by atoms with E-state index >= 15 is 0 Å². The summed E-state index contributed by atoms with van der Waals surface area (Å²) in [6.45, 7) is 0. The highest BCUT2D eigenvalue weighted by molar-refractivity contribution is 7.99. The van der Waals surface area contributed by atoms with Crippen LogP contribution in [0.1, 0.15) is 15.9 Å². The third kappa shape index (κ3) is 2.69. The van der Waals surface area contributed by atoms with Crippen molar-refractivity contribution in [2.24, 2.45) is 0 Å². The summed E-state index contributed by atoms with van der Waals surface area (Å²) in [5.74, 6) is -1.03.